The van der Waals surface area contributed by atoms with Crippen LogP contribution in [0.5, 0.6) is 0 Å². The van der Waals surface area contributed by atoms with Gasteiger partial charge in [-0.25, -0.2) is 4.79 Å². The second kappa shape index (κ2) is 14.3. The highest BCUT2D eigenvalue weighted by molar-refractivity contribution is 5.90. The Morgan fingerprint density at radius 1 is 1.00 bits per heavy atom. The lowest BCUT2D eigenvalue weighted by Gasteiger charge is -2.40. The largest absolute Gasteiger partial charge is 0.463 e. The van der Waals surface area contributed by atoms with Gasteiger partial charge in [0.25, 0.3) is 0 Å². The quantitative estimate of drug-likeness (QED) is 0.204. The third-order valence-electron chi connectivity index (χ3n) is 7.19. The van der Waals surface area contributed by atoms with Gasteiger partial charge in [0.15, 0.2) is 0 Å². The molecular formula is C32H50N2O4. The molecule has 0 aliphatic rings. The Balaban J connectivity index is 3.25. The van der Waals surface area contributed by atoms with Crippen LogP contribution in [0.25, 0.3) is 0 Å². The molecule has 0 spiro atoms. The molecule has 212 valence electrons. The normalized spacial score (nSPS) is 15.2. The highest BCUT2D eigenvalue weighted by Gasteiger charge is 2.41. The van der Waals surface area contributed by atoms with Crippen LogP contribution in [0, 0.1) is 17.3 Å². The maximum absolute atomic E-state index is 13.9. The third kappa shape index (κ3) is 9.14. The SMILES string of the molecule is CCOC(=O)/C=C/C(C)=C/[C@H](C(C)C)N(C)C(=O)[C@@H](NC(=O)C(CC)C(C)(C)c1ccccc1)C(C)(C)C. The first kappa shape index (κ1) is 33.1. The number of carbonyl (C=O) groups excluding carboxylic acids is 3. The second-order valence-corrected chi connectivity index (χ2v) is 12.0. The van der Waals surface area contributed by atoms with Gasteiger partial charge in [0.1, 0.15) is 6.04 Å². The van der Waals surface area contributed by atoms with Crippen molar-refractivity contribution in [1.29, 1.82) is 0 Å². The number of nitrogens with zero attached hydrogens (tertiary/aromatic N) is 1. The molecule has 1 aromatic carbocycles. The molecule has 6 nitrogen and oxygen atoms in total. The van der Waals surface area contributed by atoms with Crippen molar-refractivity contribution in [2.24, 2.45) is 17.3 Å². The number of esters is 1. The van der Waals surface area contributed by atoms with E-state index in [1.165, 1.54) is 6.08 Å². The van der Waals surface area contributed by atoms with Gasteiger partial charge >= 0.3 is 5.97 Å². The molecule has 0 aliphatic heterocycles. The predicted octanol–water partition coefficient (Wildman–Crippen LogP) is 6.07. The van der Waals surface area contributed by atoms with E-state index in [1.807, 2.05) is 72.7 Å². The molecule has 2 amide bonds. The van der Waals surface area contributed by atoms with Crippen LogP contribution in [0.1, 0.15) is 81.2 Å². The highest BCUT2D eigenvalue weighted by atomic mass is 16.5. The molecule has 3 atom stereocenters. The van der Waals surface area contributed by atoms with Crippen molar-refractivity contribution in [3.05, 3.63) is 59.7 Å². The molecule has 1 aromatic rings. The number of amides is 2. The summed E-state index contributed by atoms with van der Waals surface area (Å²) in [5.41, 5.74) is 1.04. The topological polar surface area (TPSA) is 75.7 Å². The number of benzene rings is 1. The minimum Gasteiger partial charge on any atom is -0.463 e. The van der Waals surface area contributed by atoms with E-state index in [-0.39, 0.29) is 29.7 Å². The van der Waals surface area contributed by atoms with E-state index in [4.69, 9.17) is 4.74 Å². The molecular weight excluding hydrogens is 476 g/mol. The Labute approximate surface area is 230 Å². The van der Waals surface area contributed by atoms with Crippen LogP contribution in [-0.2, 0) is 24.5 Å². The maximum Gasteiger partial charge on any atom is 0.330 e. The van der Waals surface area contributed by atoms with Gasteiger partial charge in [-0.2, -0.15) is 0 Å². The van der Waals surface area contributed by atoms with Crippen molar-refractivity contribution in [1.82, 2.24) is 10.2 Å². The molecule has 0 bridgehead atoms. The van der Waals surface area contributed by atoms with E-state index < -0.39 is 22.8 Å². The smallest absolute Gasteiger partial charge is 0.330 e. The molecule has 0 heterocycles. The maximum atomic E-state index is 13.9. The van der Waals surface area contributed by atoms with E-state index in [2.05, 4.69) is 31.3 Å². The van der Waals surface area contributed by atoms with Gasteiger partial charge in [-0.15, -0.1) is 0 Å². The van der Waals surface area contributed by atoms with Crippen LogP contribution in [0.15, 0.2) is 54.1 Å². The summed E-state index contributed by atoms with van der Waals surface area (Å²) in [5.74, 6) is -0.843. The number of rotatable bonds is 12. The van der Waals surface area contributed by atoms with E-state index in [0.29, 0.717) is 13.0 Å². The van der Waals surface area contributed by atoms with E-state index >= 15 is 0 Å². The van der Waals surface area contributed by atoms with Crippen molar-refractivity contribution in [2.75, 3.05) is 13.7 Å². The standard InChI is InChI=1S/C32H50N2O4/c1-12-25(32(9,10)24-17-15-14-16-18-24)29(36)33-28(31(6,7)8)30(37)34(11)26(22(3)4)21-23(5)19-20-27(35)38-13-2/h14-22,25-26,28H,12-13H2,1-11H3,(H,33,36)/b20-19+,23-21+/t25?,26-,28-/m1/s1. The molecule has 1 N–H and O–H groups in total. The second-order valence-electron chi connectivity index (χ2n) is 12.0. The molecule has 1 rings (SSSR count). The zero-order chi connectivity index (χ0) is 29.3. The first-order valence-electron chi connectivity index (χ1n) is 13.7. The molecule has 0 radical (unpaired) electrons. The van der Waals surface area contributed by atoms with Crippen LogP contribution in [0.4, 0.5) is 0 Å². The van der Waals surface area contributed by atoms with Crippen molar-refractivity contribution >= 4 is 17.8 Å². The summed E-state index contributed by atoms with van der Waals surface area (Å²) < 4.78 is 4.96. The number of hydrogen-bond donors (Lipinski definition) is 1. The minimum atomic E-state index is -0.703. The molecule has 0 saturated carbocycles. The lowest BCUT2D eigenvalue weighted by atomic mass is 9.71. The molecule has 38 heavy (non-hydrogen) atoms. The summed E-state index contributed by atoms with van der Waals surface area (Å²) >= 11 is 0. The third-order valence-corrected chi connectivity index (χ3v) is 7.19. The van der Waals surface area contributed by atoms with Gasteiger partial charge < -0.3 is 15.0 Å². The van der Waals surface area contributed by atoms with Gasteiger partial charge in [0.05, 0.1) is 12.6 Å². The molecule has 0 aliphatic carbocycles. The average Bonchev–Trinajstić information content (AvgIpc) is 2.83. The van der Waals surface area contributed by atoms with Crippen molar-refractivity contribution in [3.8, 4) is 0 Å². The van der Waals surface area contributed by atoms with Crippen LogP contribution in [-0.4, -0.2) is 48.4 Å². The van der Waals surface area contributed by atoms with Gasteiger partial charge in [-0.05, 0) is 37.2 Å². The summed E-state index contributed by atoms with van der Waals surface area (Å²) in [6.45, 7) is 20.2. The number of nitrogens with one attached hydrogen (secondary N) is 1. The first-order valence-corrected chi connectivity index (χ1v) is 13.7. The molecule has 0 fully saturated rings. The molecule has 1 unspecified atom stereocenters. The van der Waals surface area contributed by atoms with Crippen molar-refractivity contribution in [2.45, 2.75) is 93.2 Å². The lowest BCUT2D eigenvalue weighted by Crippen LogP contribution is -2.58. The van der Waals surface area contributed by atoms with Crippen LogP contribution >= 0.6 is 0 Å². The number of likely N-dealkylation sites (N-methyl/N-ethyl adjacent to an activating group) is 1. The number of ether oxygens (including phenoxy) is 1. The number of carbonyl (C=O) groups is 3. The zero-order valence-electron chi connectivity index (χ0n) is 25.4. The molecule has 6 heteroatoms. The fraction of sp³-hybridized carbons (Fsp3) is 0.594. The van der Waals surface area contributed by atoms with Gasteiger partial charge in [-0.1, -0.05) is 103 Å². The Kier molecular flexibility index (Phi) is 12.5. The zero-order valence-corrected chi connectivity index (χ0v) is 25.4. The fourth-order valence-corrected chi connectivity index (χ4v) is 4.80. The summed E-state index contributed by atoms with van der Waals surface area (Å²) in [6.07, 6.45) is 5.73. The molecule has 0 saturated heterocycles. The van der Waals surface area contributed by atoms with E-state index in [1.54, 1.807) is 24.9 Å². The lowest BCUT2D eigenvalue weighted by molar-refractivity contribution is -0.141. The Bertz CT molecular complexity index is 986. The van der Waals surface area contributed by atoms with Crippen LogP contribution < -0.4 is 5.32 Å². The summed E-state index contributed by atoms with van der Waals surface area (Å²) in [7, 11) is 1.78. The monoisotopic (exact) mass is 526 g/mol. The Morgan fingerprint density at radius 2 is 1.58 bits per heavy atom. The number of allylic oxidation sites excluding steroid dienone is 2. The van der Waals surface area contributed by atoms with Crippen LogP contribution in [0.2, 0.25) is 0 Å². The minimum absolute atomic E-state index is 0.117. The molecule has 0 aromatic heterocycles. The van der Waals surface area contributed by atoms with Gasteiger partial charge in [-0.3, -0.25) is 9.59 Å². The van der Waals surface area contributed by atoms with E-state index in [9.17, 15) is 14.4 Å². The Morgan fingerprint density at radius 3 is 2.05 bits per heavy atom. The van der Waals surface area contributed by atoms with Gasteiger partial charge in [0.2, 0.25) is 11.8 Å². The summed E-state index contributed by atoms with van der Waals surface area (Å²) in [5, 5.41) is 3.14. The number of hydrogen-bond acceptors (Lipinski definition) is 4. The fourth-order valence-electron chi connectivity index (χ4n) is 4.80. The van der Waals surface area contributed by atoms with Gasteiger partial charge in [0, 0.05) is 24.5 Å². The summed E-state index contributed by atoms with van der Waals surface area (Å²) in [6, 6.07) is 9.12. The highest BCUT2D eigenvalue weighted by Crippen LogP contribution is 2.35. The Hall–Kier alpha value is -2.89. The van der Waals surface area contributed by atoms with Crippen molar-refractivity contribution in [3.63, 3.8) is 0 Å². The van der Waals surface area contributed by atoms with E-state index in [0.717, 1.165) is 11.1 Å². The van der Waals surface area contributed by atoms with Crippen LogP contribution in [0.3, 0.4) is 0 Å². The predicted molar refractivity (Wildman–Crippen MR) is 156 cm³/mol. The van der Waals surface area contributed by atoms with Crippen molar-refractivity contribution < 1.29 is 19.1 Å². The first-order chi connectivity index (χ1) is 17.6. The summed E-state index contributed by atoms with van der Waals surface area (Å²) in [4.78, 5) is 41.1. The average molecular weight is 527 g/mol.